The van der Waals surface area contributed by atoms with Gasteiger partial charge < -0.3 is 10.1 Å². The number of benzene rings is 1. The van der Waals surface area contributed by atoms with Gasteiger partial charge in [0.2, 0.25) is 5.78 Å². The van der Waals surface area contributed by atoms with Crippen LogP contribution in [0.25, 0.3) is 0 Å². The minimum Gasteiger partial charge on any atom is -0.438 e. The largest absolute Gasteiger partial charge is 0.438 e. The highest BCUT2D eigenvalue weighted by Crippen LogP contribution is 2.11. The van der Waals surface area contributed by atoms with Crippen molar-refractivity contribution < 1.29 is 14.3 Å². The number of rotatable bonds is 5. The van der Waals surface area contributed by atoms with Crippen molar-refractivity contribution in [3.63, 3.8) is 0 Å². The Morgan fingerprint density at radius 2 is 2.00 bits per heavy atom. The molecule has 0 bridgehead atoms. The lowest BCUT2D eigenvalue weighted by Gasteiger charge is -2.12. The predicted molar refractivity (Wildman–Crippen MR) is 82.8 cm³/mol. The van der Waals surface area contributed by atoms with E-state index in [1.165, 1.54) is 19.2 Å². The maximum atomic E-state index is 12.1. The Morgan fingerprint density at radius 3 is 2.68 bits per heavy atom. The molecule has 1 aromatic heterocycles. The van der Waals surface area contributed by atoms with Crippen LogP contribution in [0.1, 0.15) is 23.0 Å². The predicted octanol–water partition coefficient (Wildman–Crippen LogP) is 3.23. The summed E-state index contributed by atoms with van der Waals surface area (Å²) < 4.78 is 5.05. The van der Waals surface area contributed by atoms with Gasteiger partial charge in [0.1, 0.15) is 5.69 Å². The first kappa shape index (κ1) is 16.0. The van der Waals surface area contributed by atoms with Crippen LogP contribution in [-0.2, 0) is 11.3 Å². The molecule has 0 saturated heterocycles. The number of halogens is 1. The summed E-state index contributed by atoms with van der Waals surface area (Å²) in [7, 11) is 0. The molecule has 22 heavy (non-hydrogen) atoms. The Balaban J connectivity index is 1.87. The third-order valence-corrected chi connectivity index (χ3v) is 3.14. The van der Waals surface area contributed by atoms with Gasteiger partial charge in [-0.25, -0.2) is 4.79 Å². The summed E-state index contributed by atoms with van der Waals surface area (Å²) in [5.41, 5.74) is 1.10. The highest BCUT2D eigenvalue weighted by molar-refractivity contribution is 6.30. The molecule has 1 heterocycles. The third kappa shape index (κ3) is 4.56. The van der Waals surface area contributed by atoms with Gasteiger partial charge in [0, 0.05) is 17.8 Å². The van der Waals surface area contributed by atoms with Gasteiger partial charge in [-0.2, -0.15) is 0 Å². The Morgan fingerprint density at radius 1 is 1.27 bits per heavy atom. The number of aromatic nitrogens is 1. The van der Waals surface area contributed by atoms with Crippen LogP contribution >= 0.6 is 11.6 Å². The fourth-order valence-electron chi connectivity index (χ4n) is 1.77. The SMILES string of the molecule is C[C@H](OC(=O)NCc1ccccc1)C(=O)c1cc(Cl)ccn1. The molecule has 5 nitrogen and oxygen atoms in total. The Bertz CT molecular complexity index is 661. The topological polar surface area (TPSA) is 68.3 Å². The minimum atomic E-state index is -0.943. The number of nitrogens with one attached hydrogen (secondary N) is 1. The van der Waals surface area contributed by atoms with E-state index in [9.17, 15) is 9.59 Å². The van der Waals surface area contributed by atoms with Crippen molar-refractivity contribution in [2.45, 2.75) is 19.6 Å². The molecule has 1 amide bonds. The monoisotopic (exact) mass is 318 g/mol. The van der Waals surface area contributed by atoms with Crippen LogP contribution in [0, 0.1) is 0 Å². The van der Waals surface area contributed by atoms with E-state index in [4.69, 9.17) is 16.3 Å². The smallest absolute Gasteiger partial charge is 0.408 e. The number of carbonyl (C=O) groups is 2. The van der Waals surface area contributed by atoms with E-state index in [1.54, 1.807) is 6.07 Å². The summed E-state index contributed by atoms with van der Waals surface area (Å²) in [5, 5.41) is 2.99. The van der Waals surface area contributed by atoms with Gasteiger partial charge >= 0.3 is 6.09 Å². The average Bonchev–Trinajstić information content (AvgIpc) is 2.53. The van der Waals surface area contributed by atoms with E-state index in [2.05, 4.69) is 10.3 Å². The van der Waals surface area contributed by atoms with Crippen LogP contribution < -0.4 is 5.32 Å². The summed E-state index contributed by atoms with van der Waals surface area (Å²) in [4.78, 5) is 27.7. The first-order chi connectivity index (χ1) is 10.6. The zero-order valence-corrected chi connectivity index (χ0v) is 12.7. The molecule has 0 spiro atoms. The van der Waals surface area contributed by atoms with E-state index < -0.39 is 18.0 Å². The van der Waals surface area contributed by atoms with Crippen LogP contribution in [0.3, 0.4) is 0 Å². The van der Waals surface area contributed by atoms with Gasteiger partial charge in [0.15, 0.2) is 6.10 Å². The van der Waals surface area contributed by atoms with Crippen LogP contribution in [0.2, 0.25) is 5.02 Å². The van der Waals surface area contributed by atoms with Gasteiger partial charge in [0.05, 0.1) is 0 Å². The van der Waals surface area contributed by atoms with E-state index in [-0.39, 0.29) is 5.69 Å². The van der Waals surface area contributed by atoms with E-state index >= 15 is 0 Å². The molecule has 0 saturated carbocycles. The minimum absolute atomic E-state index is 0.163. The number of hydrogen-bond acceptors (Lipinski definition) is 4. The summed E-state index contributed by atoms with van der Waals surface area (Å²) in [6.07, 6.45) is -0.175. The van der Waals surface area contributed by atoms with Crippen molar-refractivity contribution in [3.8, 4) is 0 Å². The van der Waals surface area contributed by atoms with E-state index in [1.807, 2.05) is 30.3 Å². The molecule has 0 unspecified atom stereocenters. The summed E-state index contributed by atoms with van der Waals surface area (Å²) in [6, 6.07) is 12.4. The fourth-order valence-corrected chi connectivity index (χ4v) is 1.93. The molecule has 0 fully saturated rings. The van der Waals surface area contributed by atoms with E-state index in [0.29, 0.717) is 11.6 Å². The quantitative estimate of drug-likeness (QED) is 0.859. The zero-order chi connectivity index (χ0) is 15.9. The average molecular weight is 319 g/mol. The molecule has 1 aromatic carbocycles. The molecule has 0 aliphatic rings. The molecule has 1 N–H and O–H groups in total. The number of amides is 1. The number of Topliss-reactive ketones (excluding diaryl/α,β-unsaturated/α-hetero) is 1. The van der Waals surface area contributed by atoms with Crippen LogP contribution in [0.4, 0.5) is 4.79 Å². The Kier molecular flexibility index (Phi) is 5.49. The third-order valence-electron chi connectivity index (χ3n) is 2.91. The lowest BCUT2D eigenvalue weighted by atomic mass is 10.2. The van der Waals surface area contributed by atoms with Crippen molar-refractivity contribution in [1.82, 2.24) is 10.3 Å². The number of carbonyl (C=O) groups excluding carboxylic acids is 2. The first-order valence-corrected chi connectivity index (χ1v) is 7.08. The molecule has 0 radical (unpaired) electrons. The number of ketones is 1. The zero-order valence-electron chi connectivity index (χ0n) is 12.0. The second-order valence-electron chi connectivity index (χ2n) is 4.61. The number of hydrogen-bond donors (Lipinski definition) is 1. The molecular weight excluding hydrogens is 304 g/mol. The fraction of sp³-hybridized carbons (Fsp3) is 0.188. The lowest BCUT2D eigenvalue weighted by molar-refractivity contribution is 0.0666. The van der Waals surface area contributed by atoms with Crippen molar-refractivity contribution in [2.24, 2.45) is 0 Å². The molecule has 114 valence electrons. The van der Waals surface area contributed by atoms with Gasteiger partial charge in [-0.1, -0.05) is 41.9 Å². The van der Waals surface area contributed by atoms with Gasteiger partial charge in [-0.15, -0.1) is 0 Å². The van der Waals surface area contributed by atoms with E-state index in [0.717, 1.165) is 5.56 Å². The molecular formula is C16H15ClN2O3. The first-order valence-electron chi connectivity index (χ1n) is 6.70. The number of alkyl carbamates (subject to hydrolysis) is 1. The standard InChI is InChI=1S/C16H15ClN2O3/c1-11(15(20)14-9-13(17)7-8-18-14)22-16(21)19-10-12-5-3-2-4-6-12/h2-9,11H,10H2,1H3,(H,19,21)/t11-/m0/s1. The molecule has 2 aromatic rings. The highest BCUT2D eigenvalue weighted by Gasteiger charge is 2.20. The van der Waals surface area contributed by atoms with Crippen molar-refractivity contribution in [3.05, 3.63) is 64.9 Å². The van der Waals surface area contributed by atoms with Crippen LogP contribution in [-0.4, -0.2) is 23.0 Å². The number of nitrogens with zero attached hydrogens (tertiary/aromatic N) is 1. The second kappa shape index (κ2) is 7.56. The van der Waals surface area contributed by atoms with Gasteiger partial charge in [-0.3, -0.25) is 9.78 Å². The molecule has 2 rings (SSSR count). The van der Waals surface area contributed by atoms with Crippen molar-refractivity contribution in [2.75, 3.05) is 0 Å². The van der Waals surface area contributed by atoms with Gasteiger partial charge in [-0.05, 0) is 24.6 Å². The second-order valence-corrected chi connectivity index (χ2v) is 5.05. The maximum Gasteiger partial charge on any atom is 0.408 e. The molecule has 6 heteroatoms. The van der Waals surface area contributed by atoms with Crippen LogP contribution in [0.5, 0.6) is 0 Å². The summed E-state index contributed by atoms with van der Waals surface area (Å²) in [6.45, 7) is 1.82. The van der Waals surface area contributed by atoms with Crippen molar-refractivity contribution >= 4 is 23.5 Å². The van der Waals surface area contributed by atoms with Crippen LogP contribution in [0.15, 0.2) is 48.7 Å². The maximum absolute atomic E-state index is 12.1. The molecule has 0 aliphatic heterocycles. The van der Waals surface area contributed by atoms with Gasteiger partial charge in [0.25, 0.3) is 0 Å². The lowest BCUT2D eigenvalue weighted by Crippen LogP contribution is -2.31. The number of pyridine rings is 1. The summed E-state index contributed by atoms with van der Waals surface area (Å²) >= 11 is 5.80. The Labute approximate surface area is 133 Å². The molecule has 1 atom stereocenters. The normalized spacial score (nSPS) is 11.5. The van der Waals surface area contributed by atoms with Crippen molar-refractivity contribution in [1.29, 1.82) is 0 Å². The number of ether oxygens (including phenoxy) is 1. The highest BCUT2D eigenvalue weighted by atomic mass is 35.5. The molecule has 0 aliphatic carbocycles. The summed E-state index contributed by atoms with van der Waals surface area (Å²) in [5.74, 6) is -0.405. The Hall–Kier alpha value is -2.40.